The van der Waals surface area contributed by atoms with E-state index in [4.69, 9.17) is 33.0 Å². The Kier molecular flexibility index (Phi) is 6.08. The van der Waals surface area contributed by atoms with Gasteiger partial charge in [-0.3, -0.25) is 4.79 Å². The third-order valence-electron chi connectivity index (χ3n) is 2.32. The molecule has 2 N–H and O–H groups in total. The number of hydrogen-bond acceptors (Lipinski definition) is 3. The zero-order valence-corrected chi connectivity index (χ0v) is 11.7. The summed E-state index contributed by atoms with van der Waals surface area (Å²) in [6, 6.07) is 3.73. The fraction of sp³-hybridized carbons (Fsp3) is 0.333. The minimum absolute atomic E-state index is 0.0182. The average Bonchev–Trinajstić information content (AvgIpc) is 2.33. The quantitative estimate of drug-likeness (QED) is 0.839. The number of carboxylic acid groups (broad SMARTS) is 1. The van der Waals surface area contributed by atoms with Gasteiger partial charge in [-0.1, -0.05) is 29.3 Å². The van der Waals surface area contributed by atoms with E-state index in [2.05, 4.69) is 5.32 Å². The lowest BCUT2D eigenvalue weighted by Crippen LogP contribution is -2.44. The number of methoxy groups -OCH3 is 1. The Labute approximate surface area is 120 Å². The van der Waals surface area contributed by atoms with Gasteiger partial charge in [-0.2, -0.15) is 0 Å². The number of carbonyl (C=O) groups excluding carboxylic acids is 1. The first-order chi connectivity index (χ1) is 8.93. The molecule has 5 nitrogen and oxygen atoms in total. The van der Waals surface area contributed by atoms with E-state index in [1.165, 1.54) is 7.11 Å². The van der Waals surface area contributed by atoms with E-state index in [9.17, 15) is 9.59 Å². The molecule has 0 aliphatic rings. The largest absolute Gasteiger partial charge is 0.480 e. The predicted molar refractivity (Wildman–Crippen MR) is 71.6 cm³/mol. The second-order valence-electron chi connectivity index (χ2n) is 3.84. The minimum atomic E-state index is -1.15. The smallest absolute Gasteiger partial charge is 0.328 e. The molecule has 0 saturated heterocycles. The average molecular weight is 306 g/mol. The van der Waals surface area contributed by atoms with Gasteiger partial charge in [0.15, 0.2) is 6.04 Å². The molecule has 0 heterocycles. The fourth-order valence-electron chi connectivity index (χ4n) is 1.42. The zero-order valence-electron chi connectivity index (χ0n) is 10.2. The van der Waals surface area contributed by atoms with Gasteiger partial charge in [0.05, 0.1) is 23.1 Å². The molecule has 0 aliphatic heterocycles. The Morgan fingerprint density at radius 3 is 2.58 bits per heavy atom. The second kappa shape index (κ2) is 7.33. The molecule has 1 amide bonds. The van der Waals surface area contributed by atoms with Gasteiger partial charge >= 0.3 is 5.97 Å². The standard InChI is InChI=1S/C12H13Cl2NO4/c1-19-6-10(12(17)18)15-11(16)5-7-2-3-8(13)9(14)4-7/h2-4,10H,5-6H2,1H3,(H,15,16)(H,17,18). The first kappa shape index (κ1) is 15.8. The van der Waals surface area contributed by atoms with Crippen LogP contribution in [0.15, 0.2) is 18.2 Å². The number of hydrogen-bond donors (Lipinski definition) is 2. The summed E-state index contributed by atoms with van der Waals surface area (Å²) in [5, 5.41) is 12.0. The number of rotatable bonds is 6. The van der Waals surface area contributed by atoms with Crippen molar-refractivity contribution in [2.75, 3.05) is 13.7 Å². The molecule has 1 aromatic carbocycles. The molecule has 7 heteroatoms. The Morgan fingerprint density at radius 2 is 2.05 bits per heavy atom. The Bertz CT molecular complexity index is 479. The van der Waals surface area contributed by atoms with E-state index in [1.54, 1.807) is 18.2 Å². The van der Waals surface area contributed by atoms with Crippen molar-refractivity contribution in [2.45, 2.75) is 12.5 Å². The van der Waals surface area contributed by atoms with Gasteiger partial charge in [0, 0.05) is 7.11 Å². The van der Waals surface area contributed by atoms with Crippen molar-refractivity contribution in [3.63, 3.8) is 0 Å². The van der Waals surface area contributed by atoms with Crippen LogP contribution in [0, 0.1) is 0 Å². The van der Waals surface area contributed by atoms with Gasteiger partial charge in [0.2, 0.25) is 5.91 Å². The van der Waals surface area contributed by atoms with E-state index in [0.717, 1.165) is 0 Å². The van der Waals surface area contributed by atoms with Crippen molar-refractivity contribution >= 4 is 35.1 Å². The molecule has 0 radical (unpaired) electrons. The molecule has 1 unspecified atom stereocenters. The minimum Gasteiger partial charge on any atom is -0.480 e. The number of amides is 1. The van der Waals surface area contributed by atoms with E-state index < -0.39 is 17.9 Å². The van der Waals surface area contributed by atoms with Crippen molar-refractivity contribution in [1.82, 2.24) is 5.32 Å². The lowest BCUT2D eigenvalue weighted by molar-refractivity contribution is -0.143. The SMILES string of the molecule is COCC(NC(=O)Cc1ccc(Cl)c(Cl)c1)C(=O)O. The molecule has 0 aliphatic carbocycles. The maximum absolute atomic E-state index is 11.7. The van der Waals surface area contributed by atoms with Gasteiger partial charge in [-0.05, 0) is 17.7 Å². The summed E-state index contributed by atoms with van der Waals surface area (Å²) >= 11 is 11.6. The Balaban J connectivity index is 2.63. The number of carbonyl (C=O) groups is 2. The second-order valence-corrected chi connectivity index (χ2v) is 4.65. The van der Waals surface area contributed by atoms with Crippen LogP contribution in [0.2, 0.25) is 10.0 Å². The maximum atomic E-state index is 11.7. The predicted octanol–water partition coefficient (Wildman–Crippen LogP) is 1.75. The summed E-state index contributed by atoms with van der Waals surface area (Å²) in [5.41, 5.74) is 0.647. The first-order valence-electron chi connectivity index (χ1n) is 5.39. The number of ether oxygens (including phenoxy) is 1. The number of halogens is 2. The first-order valence-corrected chi connectivity index (χ1v) is 6.14. The highest BCUT2D eigenvalue weighted by molar-refractivity contribution is 6.42. The van der Waals surface area contributed by atoms with Crippen LogP contribution >= 0.6 is 23.2 Å². The Morgan fingerprint density at radius 1 is 1.37 bits per heavy atom. The summed E-state index contributed by atoms with van der Waals surface area (Å²) in [4.78, 5) is 22.5. The number of benzene rings is 1. The molecule has 104 valence electrons. The van der Waals surface area contributed by atoms with Gasteiger partial charge in [0.25, 0.3) is 0 Å². The summed E-state index contributed by atoms with van der Waals surface area (Å²) in [5.74, 6) is -1.58. The lowest BCUT2D eigenvalue weighted by atomic mass is 10.1. The maximum Gasteiger partial charge on any atom is 0.328 e. The van der Waals surface area contributed by atoms with Crippen molar-refractivity contribution in [3.05, 3.63) is 33.8 Å². The fourth-order valence-corrected chi connectivity index (χ4v) is 1.74. The molecule has 0 aromatic heterocycles. The van der Waals surface area contributed by atoms with Crippen LogP contribution in [-0.2, 0) is 20.7 Å². The van der Waals surface area contributed by atoms with Crippen LogP contribution in [0.5, 0.6) is 0 Å². The van der Waals surface area contributed by atoms with Gasteiger partial charge in [-0.15, -0.1) is 0 Å². The Hall–Kier alpha value is -1.30. The van der Waals surface area contributed by atoms with Crippen molar-refractivity contribution in [3.8, 4) is 0 Å². The van der Waals surface area contributed by atoms with E-state index in [-0.39, 0.29) is 13.0 Å². The van der Waals surface area contributed by atoms with Gasteiger partial charge in [-0.25, -0.2) is 4.79 Å². The van der Waals surface area contributed by atoms with Crippen molar-refractivity contribution < 1.29 is 19.4 Å². The third kappa shape index (κ3) is 5.06. The molecule has 0 bridgehead atoms. The highest BCUT2D eigenvalue weighted by Gasteiger charge is 2.19. The molecule has 1 aromatic rings. The molecule has 1 atom stereocenters. The highest BCUT2D eigenvalue weighted by Crippen LogP contribution is 2.22. The molecule has 19 heavy (non-hydrogen) atoms. The summed E-state index contributed by atoms with van der Waals surface area (Å²) < 4.78 is 4.72. The third-order valence-corrected chi connectivity index (χ3v) is 3.05. The normalized spacial score (nSPS) is 11.9. The topological polar surface area (TPSA) is 75.6 Å². The van der Waals surface area contributed by atoms with Gasteiger partial charge < -0.3 is 15.2 Å². The number of aliphatic carboxylic acids is 1. The van der Waals surface area contributed by atoms with Crippen LogP contribution in [0.1, 0.15) is 5.56 Å². The summed E-state index contributed by atoms with van der Waals surface area (Å²) in [6.07, 6.45) is 0.0182. The van der Waals surface area contributed by atoms with Crippen LogP contribution in [-0.4, -0.2) is 36.7 Å². The van der Waals surface area contributed by atoms with Crippen LogP contribution < -0.4 is 5.32 Å². The van der Waals surface area contributed by atoms with Crippen LogP contribution in [0.4, 0.5) is 0 Å². The molecule has 0 spiro atoms. The lowest BCUT2D eigenvalue weighted by Gasteiger charge is -2.13. The molecular formula is C12H13Cl2NO4. The highest BCUT2D eigenvalue weighted by atomic mass is 35.5. The van der Waals surface area contributed by atoms with Crippen LogP contribution in [0.25, 0.3) is 0 Å². The van der Waals surface area contributed by atoms with Crippen molar-refractivity contribution in [2.24, 2.45) is 0 Å². The molecule has 1 rings (SSSR count). The zero-order chi connectivity index (χ0) is 14.4. The molecular weight excluding hydrogens is 293 g/mol. The number of carboxylic acids is 1. The molecule has 0 fully saturated rings. The van der Waals surface area contributed by atoms with Crippen molar-refractivity contribution in [1.29, 1.82) is 0 Å². The van der Waals surface area contributed by atoms with E-state index in [1.807, 2.05) is 0 Å². The monoisotopic (exact) mass is 305 g/mol. The van der Waals surface area contributed by atoms with Gasteiger partial charge in [0.1, 0.15) is 0 Å². The van der Waals surface area contributed by atoms with E-state index >= 15 is 0 Å². The van der Waals surface area contributed by atoms with Crippen LogP contribution in [0.3, 0.4) is 0 Å². The van der Waals surface area contributed by atoms with E-state index in [0.29, 0.717) is 15.6 Å². The molecule has 0 saturated carbocycles. The number of nitrogens with one attached hydrogen (secondary N) is 1. The summed E-state index contributed by atoms with van der Waals surface area (Å²) in [7, 11) is 1.36. The summed E-state index contributed by atoms with van der Waals surface area (Å²) in [6.45, 7) is -0.0948.